The average Bonchev–Trinajstić information content (AvgIpc) is 2.49. The third-order valence-corrected chi connectivity index (χ3v) is 1.99. The normalized spacial score (nSPS) is 10.2. The second-order valence-corrected chi connectivity index (χ2v) is 2.86. The highest BCUT2D eigenvalue weighted by Crippen LogP contribution is 2.17. The molecular formula is C10H9NO2. The van der Waals surface area contributed by atoms with E-state index < -0.39 is 0 Å². The Morgan fingerprint density at radius 3 is 2.46 bits per heavy atom. The largest absolute Gasteiger partial charge is 0.360 e. The smallest absolute Gasteiger partial charge is 0.338 e. The Morgan fingerprint density at radius 1 is 1.23 bits per heavy atom. The number of aromatic nitrogens is 1. The van der Waals surface area contributed by atoms with E-state index in [2.05, 4.69) is 9.68 Å². The fourth-order valence-electron chi connectivity index (χ4n) is 1.23. The fraction of sp³-hybridized carbons (Fsp3) is 0.100. The summed E-state index contributed by atoms with van der Waals surface area (Å²) in [5.74, 6) is 0. The van der Waals surface area contributed by atoms with Crippen LogP contribution < -0.4 is 5.63 Å². The molecule has 1 heterocycles. The molecule has 66 valence electrons. The molecule has 0 saturated heterocycles. The Morgan fingerprint density at radius 2 is 1.92 bits per heavy atom. The first-order chi connectivity index (χ1) is 6.29. The van der Waals surface area contributed by atoms with Gasteiger partial charge in [0, 0.05) is 5.56 Å². The van der Waals surface area contributed by atoms with Gasteiger partial charge in [-0.25, -0.2) is 9.95 Å². The van der Waals surface area contributed by atoms with Gasteiger partial charge >= 0.3 is 5.63 Å². The first-order valence-corrected chi connectivity index (χ1v) is 4.02. The van der Waals surface area contributed by atoms with Crippen molar-refractivity contribution in [3.63, 3.8) is 0 Å². The van der Waals surface area contributed by atoms with Crippen LogP contribution in [-0.2, 0) is 0 Å². The third-order valence-electron chi connectivity index (χ3n) is 1.99. The van der Waals surface area contributed by atoms with E-state index in [4.69, 9.17) is 0 Å². The number of rotatable bonds is 1. The molecule has 0 spiro atoms. The molecule has 3 heteroatoms. The second-order valence-electron chi connectivity index (χ2n) is 2.86. The molecule has 0 bridgehead atoms. The number of hydrogen-bond acceptors (Lipinski definition) is 2. The van der Waals surface area contributed by atoms with Crippen molar-refractivity contribution in [2.75, 3.05) is 0 Å². The van der Waals surface area contributed by atoms with Crippen LogP contribution in [0.4, 0.5) is 0 Å². The summed E-state index contributed by atoms with van der Waals surface area (Å²) in [7, 11) is 0. The summed E-state index contributed by atoms with van der Waals surface area (Å²) < 4.78 is 4.67. The monoisotopic (exact) mass is 175 g/mol. The Labute approximate surface area is 75.0 Å². The summed E-state index contributed by atoms with van der Waals surface area (Å²) >= 11 is 0. The van der Waals surface area contributed by atoms with E-state index in [1.165, 1.54) is 0 Å². The van der Waals surface area contributed by atoms with Crippen LogP contribution in [-0.4, -0.2) is 5.16 Å². The molecule has 0 radical (unpaired) electrons. The van der Waals surface area contributed by atoms with Gasteiger partial charge in [0.2, 0.25) is 0 Å². The van der Waals surface area contributed by atoms with E-state index in [9.17, 15) is 4.79 Å². The van der Waals surface area contributed by atoms with E-state index in [0.29, 0.717) is 5.56 Å². The van der Waals surface area contributed by atoms with Crippen molar-refractivity contribution in [3.8, 4) is 11.3 Å². The number of nitrogens with one attached hydrogen (secondary N) is 1. The van der Waals surface area contributed by atoms with Crippen molar-refractivity contribution in [3.05, 3.63) is 46.3 Å². The highest BCUT2D eigenvalue weighted by molar-refractivity contribution is 5.61. The molecule has 0 aliphatic carbocycles. The van der Waals surface area contributed by atoms with Crippen LogP contribution in [0, 0.1) is 6.92 Å². The maximum atomic E-state index is 11.0. The van der Waals surface area contributed by atoms with Gasteiger partial charge in [-0.15, -0.1) is 0 Å². The molecule has 0 amide bonds. The summed E-state index contributed by atoms with van der Waals surface area (Å²) in [6, 6.07) is 9.61. The predicted octanol–water partition coefficient (Wildman–Crippen LogP) is 1.94. The maximum Gasteiger partial charge on any atom is 0.360 e. The molecule has 2 rings (SSSR count). The quantitative estimate of drug-likeness (QED) is 0.719. The van der Waals surface area contributed by atoms with Gasteiger partial charge in [-0.3, -0.25) is 0 Å². The van der Waals surface area contributed by atoms with Gasteiger partial charge in [0.15, 0.2) is 0 Å². The first-order valence-electron chi connectivity index (χ1n) is 4.02. The number of H-pyrrole nitrogens is 1. The zero-order valence-corrected chi connectivity index (χ0v) is 7.20. The minimum absolute atomic E-state index is 0.307. The molecule has 1 N–H and O–H groups in total. The van der Waals surface area contributed by atoms with Gasteiger partial charge in [0.05, 0.1) is 11.3 Å². The topological polar surface area (TPSA) is 46.0 Å². The van der Waals surface area contributed by atoms with E-state index in [0.717, 1.165) is 11.3 Å². The number of aromatic amines is 1. The predicted molar refractivity (Wildman–Crippen MR) is 49.5 cm³/mol. The molecular weight excluding hydrogens is 166 g/mol. The highest BCUT2D eigenvalue weighted by atomic mass is 16.5. The van der Waals surface area contributed by atoms with Gasteiger partial charge in [-0.2, -0.15) is 0 Å². The molecule has 0 atom stereocenters. The van der Waals surface area contributed by atoms with E-state index in [1.54, 1.807) is 6.92 Å². The Balaban J connectivity index is 2.60. The first kappa shape index (κ1) is 7.86. The van der Waals surface area contributed by atoms with Gasteiger partial charge in [-0.1, -0.05) is 30.3 Å². The molecule has 0 saturated carbocycles. The standard InChI is InChI=1S/C10H9NO2/c1-7-9(11-13-10(7)12)8-5-3-2-4-6-8/h2-6,11H,1H3. The molecule has 0 aliphatic heterocycles. The summed E-state index contributed by atoms with van der Waals surface area (Å²) in [4.78, 5) is 11.0. The third kappa shape index (κ3) is 1.28. The second kappa shape index (κ2) is 2.94. The molecule has 1 aromatic carbocycles. The van der Waals surface area contributed by atoms with E-state index in [1.807, 2.05) is 30.3 Å². The maximum absolute atomic E-state index is 11.0. The van der Waals surface area contributed by atoms with Crippen LogP contribution in [0.1, 0.15) is 5.56 Å². The molecule has 0 unspecified atom stereocenters. The molecule has 2 aromatic rings. The van der Waals surface area contributed by atoms with Gasteiger partial charge in [-0.05, 0) is 6.92 Å². The lowest BCUT2D eigenvalue weighted by atomic mass is 10.1. The summed E-state index contributed by atoms with van der Waals surface area (Å²) in [5, 5.41) is 2.60. The van der Waals surface area contributed by atoms with Gasteiger partial charge in [0.25, 0.3) is 0 Å². The van der Waals surface area contributed by atoms with Crippen LogP contribution in [0.5, 0.6) is 0 Å². The van der Waals surface area contributed by atoms with Gasteiger partial charge in [0.1, 0.15) is 0 Å². The van der Waals surface area contributed by atoms with Crippen LogP contribution in [0.25, 0.3) is 11.3 Å². The van der Waals surface area contributed by atoms with Crippen molar-refractivity contribution in [1.29, 1.82) is 0 Å². The van der Waals surface area contributed by atoms with Crippen LogP contribution in [0.3, 0.4) is 0 Å². The Bertz CT molecular complexity index is 453. The minimum Gasteiger partial charge on any atom is -0.338 e. The van der Waals surface area contributed by atoms with Crippen molar-refractivity contribution >= 4 is 0 Å². The van der Waals surface area contributed by atoms with Crippen LogP contribution >= 0.6 is 0 Å². The molecule has 0 fully saturated rings. The lowest BCUT2D eigenvalue weighted by Gasteiger charge is -1.95. The zero-order chi connectivity index (χ0) is 9.26. The van der Waals surface area contributed by atoms with Crippen molar-refractivity contribution in [2.45, 2.75) is 6.92 Å². The lowest BCUT2D eigenvalue weighted by Crippen LogP contribution is -1.95. The number of hydrogen-bond donors (Lipinski definition) is 1. The summed E-state index contributed by atoms with van der Waals surface area (Å²) in [6.45, 7) is 1.74. The summed E-state index contributed by atoms with van der Waals surface area (Å²) in [5.41, 5.74) is 2.03. The minimum atomic E-state index is -0.307. The lowest BCUT2D eigenvalue weighted by molar-refractivity contribution is 0.393. The summed E-state index contributed by atoms with van der Waals surface area (Å²) in [6.07, 6.45) is 0. The number of benzene rings is 1. The van der Waals surface area contributed by atoms with E-state index >= 15 is 0 Å². The SMILES string of the molecule is Cc1c(-c2ccccc2)[nH]oc1=O. The van der Waals surface area contributed by atoms with E-state index in [-0.39, 0.29) is 5.63 Å². The fourth-order valence-corrected chi connectivity index (χ4v) is 1.23. The van der Waals surface area contributed by atoms with Crippen LogP contribution in [0.2, 0.25) is 0 Å². The van der Waals surface area contributed by atoms with Crippen molar-refractivity contribution in [2.24, 2.45) is 0 Å². The zero-order valence-electron chi connectivity index (χ0n) is 7.20. The Kier molecular flexibility index (Phi) is 1.77. The molecule has 13 heavy (non-hydrogen) atoms. The van der Waals surface area contributed by atoms with Crippen molar-refractivity contribution < 1.29 is 4.52 Å². The highest BCUT2D eigenvalue weighted by Gasteiger charge is 2.07. The van der Waals surface area contributed by atoms with Crippen molar-refractivity contribution in [1.82, 2.24) is 5.16 Å². The van der Waals surface area contributed by atoms with Gasteiger partial charge < -0.3 is 4.52 Å². The Hall–Kier alpha value is -1.77. The van der Waals surface area contributed by atoms with Crippen LogP contribution in [0.15, 0.2) is 39.6 Å². The molecule has 0 aliphatic rings. The average molecular weight is 175 g/mol. The molecule has 1 aromatic heterocycles. The molecule has 3 nitrogen and oxygen atoms in total.